The van der Waals surface area contributed by atoms with E-state index >= 15 is 0 Å². The number of nitrogens with one attached hydrogen (secondary N) is 3. The standard InChI is InChI=1S/C29H25F4N3O7/c30-18-11-19(31)25(33)26(24(18)32)43-13-22(37)21(12-23(38)39)36-27(40)15-8-9-16(10-15)34-28(41)29(42)35-20-7-3-5-14-4-1-2-6-17(14)20/h1-7,11,15-16,21H,8-10,12-13H2,(H,34,41)(H,35,42)(H,36,40)(H,38,39)/t15?,16?,21-/m0/s1. The zero-order chi connectivity index (χ0) is 31.3. The van der Waals surface area contributed by atoms with E-state index in [-0.39, 0.29) is 18.9 Å². The molecule has 3 atom stereocenters. The van der Waals surface area contributed by atoms with Gasteiger partial charge >= 0.3 is 17.8 Å². The lowest BCUT2D eigenvalue weighted by Crippen LogP contribution is -2.46. The third kappa shape index (κ3) is 7.45. The third-order valence-electron chi connectivity index (χ3n) is 6.90. The van der Waals surface area contributed by atoms with E-state index in [0.717, 1.165) is 10.8 Å². The zero-order valence-electron chi connectivity index (χ0n) is 22.3. The molecule has 43 heavy (non-hydrogen) atoms. The minimum absolute atomic E-state index is 0.0540. The number of carbonyl (C=O) groups is 5. The van der Waals surface area contributed by atoms with E-state index in [4.69, 9.17) is 5.11 Å². The number of fused-ring (bicyclic) bond motifs is 1. The van der Waals surface area contributed by atoms with Crippen molar-refractivity contribution in [2.24, 2.45) is 5.92 Å². The molecule has 4 rings (SSSR count). The summed E-state index contributed by atoms with van der Waals surface area (Å²) in [5, 5.41) is 18.1. The van der Waals surface area contributed by atoms with Crippen LogP contribution in [-0.4, -0.2) is 53.3 Å². The Hall–Kier alpha value is -5.01. The van der Waals surface area contributed by atoms with Crippen molar-refractivity contribution in [3.05, 3.63) is 71.8 Å². The highest BCUT2D eigenvalue weighted by molar-refractivity contribution is 6.40. The van der Waals surface area contributed by atoms with E-state index < -0.39 is 89.5 Å². The third-order valence-corrected chi connectivity index (χ3v) is 6.90. The Morgan fingerprint density at radius 1 is 0.907 bits per heavy atom. The average Bonchev–Trinajstić information content (AvgIpc) is 3.44. The highest BCUT2D eigenvalue weighted by Crippen LogP contribution is 2.28. The lowest BCUT2D eigenvalue weighted by atomic mass is 10.0. The molecule has 14 heteroatoms. The van der Waals surface area contributed by atoms with Gasteiger partial charge in [0.1, 0.15) is 12.6 Å². The Morgan fingerprint density at radius 2 is 1.58 bits per heavy atom. The molecule has 3 amide bonds. The molecule has 4 N–H and O–H groups in total. The van der Waals surface area contributed by atoms with Gasteiger partial charge in [0, 0.05) is 29.1 Å². The molecule has 0 aromatic heterocycles. The summed E-state index contributed by atoms with van der Waals surface area (Å²) < 4.78 is 59.1. The number of carbonyl (C=O) groups excluding carboxylic acids is 4. The van der Waals surface area contributed by atoms with Crippen molar-refractivity contribution in [3.63, 3.8) is 0 Å². The van der Waals surface area contributed by atoms with Crippen LogP contribution in [0.15, 0.2) is 48.5 Å². The van der Waals surface area contributed by atoms with Crippen LogP contribution in [-0.2, 0) is 24.0 Å². The van der Waals surface area contributed by atoms with E-state index in [9.17, 15) is 41.5 Å². The maximum atomic E-state index is 13.8. The van der Waals surface area contributed by atoms with Gasteiger partial charge in [0.25, 0.3) is 0 Å². The summed E-state index contributed by atoms with van der Waals surface area (Å²) in [4.78, 5) is 61.8. The molecule has 1 aliphatic carbocycles. The number of amides is 3. The summed E-state index contributed by atoms with van der Waals surface area (Å²) in [6, 6.07) is 10.1. The van der Waals surface area contributed by atoms with E-state index in [2.05, 4.69) is 20.7 Å². The van der Waals surface area contributed by atoms with Gasteiger partial charge in [-0.25, -0.2) is 8.78 Å². The normalized spacial score (nSPS) is 16.7. The Bertz CT molecular complexity index is 1570. The van der Waals surface area contributed by atoms with Crippen molar-refractivity contribution in [1.82, 2.24) is 10.6 Å². The number of anilines is 1. The van der Waals surface area contributed by atoms with Gasteiger partial charge in [-0.2, -0.15) is 8.78 Å². The maximum Gasteiger partial charge on any atom is 0.313 e. The molecule has 226 valence electrons. The summed E-state index contributed by atoms with van der Waals surface area (Å²) in [6.07, 6.45) is -0.318. The molecule has 10 nitrogen and oxygen atoms in total. The van der Waals surface area contributed by atoms with Crippen LogP contribution in [0.25, 0.3) is 10.8 Å². The Morgan fingerprint density at radius 3 is 2.28 bits per heavy atom. The molecule has 1 aliphatic rings. The van der Waals surface area contributed by atoms with Crippen molar-refractivity contribution in [1.29, 1.82) is 0 Å². The number of ether oxygens (including phenoxy) is 1. The molecule has 0 bridgehead atoms. The van der Waals surface area contributed by atoms with Crippen LogP contribution in [0.5, 0.6) is 5.75 Å². The van der Waals surface area contributed by atoms with Crippen LogP contribution in [0.1, 0.15) is 25.7 Å². The van der Waals surface area contributed by atoms with Gasteiger partial charge in [0.2, 0.25) is 17.5 Å². The average molecular weight is 604 g/mol. The van der Waals surface area contributed by atoms with E-state index in [1.807, 2.05) is 18.2 Å². The molecule has 3 aromatic carbocycles. The number of aliphatic carboxylic acids is 1. The Balaban J connectivity index is 1.32. The van der Waals surface area contributed by atoms with Gasteiger partial charge in [0.05, 0.1) is 6.42 Å². The number of carboxylic acid groups (broad SMARTS) is 1. The van der Waals surface area contributed by atoms with Gasteiger partial charge in [-0.3, -0.25) is 24.0 Å². The summed E-state index contributed by atoms with van der Waals surface area (Å²) in [5.74, 6) is -14.8. The van der Waals surface area contributed by atoms with Gasteiger partial charge in [0.15, 0.2) is 23.2 Å². The number of ketones is 1. The summed E-state index contributed by atoms with van der Waals surface area (Å²) in [6.45, 7) is -1.20. The van der Waals surface area contributed by atoms with Crippen LogP contribution < -0.4 is 20.7 Å². The van der Waals surface area contributed by atoms with Gasteiger partial charge in [-0.05, 0) is 30.7 Å². The van der Waals surface area contributed by atoms with Crippen molar-refractivity contribution in [2.75, 3.05) is 11.9 Å². The van der Waals surface area contributed by atoms with Crippen LogP contribution in [0, 0.1) is 29.2 Å². The summed E-state index contributed by atoms with van der Waals surface area (Å²) in [5.41, 5.74) is 0.438. The first-order valence-electron chi connectivity index (χ1n) is 13.0. The number of carboxylic acids is 1. The molecule has 1 saturated carbocycles. The van der Waals surface area contributed by atoms with Gasteiger partial charge in [-0.15, -0.1) is 0 Å². The van der Waals surface area contributed by atoms with E-state index in [0.29, 0.717) is 12.1 Å². The van der Waals surface area contributed by atoms with Gasteiger partial charge in [-0.1, -0.05) is 36.4 Å². The molecule has 2 unspecified atom stereocenters. The van der Waals surface area contributed by atoms with Crippen LogP contribution in [0.4, 0.5) is 23.2 Å². The van der Waals surface area contributed by atoms with Crippen molar-refractivity contribution in [3.8, 4) is 5.75 Å². The Labute approximate surface area is 241 Å². The molecular weight excluding hydrogens is 578 g/mol. The number of Topliss-reactive ketones (excluding diaryl/α,β-unsaturated/α-hetero) is 1. The molecular formula is C29H25F4N3O7. The predicted molar refractivity (Wildman–Crippen MR) is 143 cm³/mol. The fourth-order valence-electron chi connectivity index (χ4n) is 4.75. The predicted octanol–water partition coefficient (Wildman–Crippen LogP) is 3.23. The first-order valence-corrected chi connectivity index (χ1v) is 13.0. The lowest BCUT2D eigenvalue weighted by molar-refractivity contribution is -0.141. The second-order valence-corrected chi connectivity index (χ2v) is 9.87. The molecule has 3 aromatic rings. The molecule has 0 radical (unpaired) electrons. The van der Waals surface area contributed by atoms with E-state index in [1.54, 1.807) is 24.3 Å². The van der Waals surface area contributed by atoms with Crippen molar-refractivity contribution >= 4 is 45.9 Å². The first-order chi connectivity index (χ1) is 20.4. The highest BCUT2D eigenvalue weighted by atomic mass is 19.2. The molecule has 0 heterocycles. The van der Waals surface area contributed by atoms with Crippen LogP contribution in [0.3, 0.4) is 0 Å². The molecule has 1 fully saturated rings. The monoisotopic (exact) mass is 603 g/mol. The fourth-order valence-corrected chi connectivity index (χ4v) is 4.75. The molecule has 0 saturated heterocycles. The number of benzene rings is 3. The zero-order valence-corrected chi connectivity index (χ0v) is 22.3. The second-order valence-electron chi connectivity index (χ2n) is 9.87. The second kappa shape index (κ2) is 13.3. The summed E-state index contributed by atoms with van der Waals surface area (Å²) >= 11 is 0. The summed E-state index contributed by atoms with van der Waals surface area (Å²) in [7, 11) is 0. The number of halogens is 4. The van der Waals surface area contributed by atoms with Crippen molar-refractivity contribution < 1.29 is 51.4 Å². The molecule has 0 aliphatic heterocycles. The number of rotatable bonds is 10. The van der Waals surface area contributed by atoms with E-state index in [1.165, 1.54) is 0 Å². The highest BCUT2D eigenvalue weighted by Gasteiger charge is 2.35. The minimum atomic E-state index is -1.89. The topological polar surface area (TPSA) is 151 Å². The van der Waals surface area contributed by atoms with Crippen molar-refractivity contribution in [2.45, 2.75) is 37.8 Å². The number of hydrogen-bond acceptors (Lipinski definition) is 6. The lowest BCUT2D eigenvalue weighted by Gasteiger charge is -2.19. The smallest absolute Gasteiger partial charge is 0.313 e. The molecule has 0 spiro atoms. The Kier molecular flexibility index (Phi) is 9.58. The quantitative estimate of drug-likeness (QED) is 0.158. The minimum Gasteiger partial charge on any atom is -0.481 e. The van der Waals surface area contributed by atoms with Crippen LogP contribution >= 0.6 is 0 Å². The maximum absolute atomic E-state index is 13.8. The first kappa shape index (κ1) is 30.9. The SMILES string of the molecule is O=C(O)C[C@H](NC(=O)C1CCC(NC(=O)C(=O)Nc2cccc3ccccc23)C1)C(=O)COc1c(F)c(F)cc(F)c1F. The van der Waals surface area contributed by atoms with Gasteiger partial charge < -0.3 is 25.8 Å². The fraction of sp³-hybridized carbons (Fsp3) is 0.276. The largest absolute Gasteiger partial charge is 0.481 e. The number of hydrogen-bond donors (Lipinski definition) is 4. The van der Waals surface area contributed by atoms with Crippen LogP contribution in [0.2, 0.25) is 0 Å².